The Morgan fingerprint density at radius 1 is 1.16 bits per heavy atom. The summed E-state index contributed by atoms with van der Waals surface area (Å²) in [4.78, 5) is 12.9. The van der Waals surface area contributed by atoms with E-state index >= 15 is 0 Å². The van der Waals surface area contributed by atoms with Gasteiger partial charge in [0.25, 0.3) is 0 Å². The number of nitrogens with one attached hydrogen (secondary N) is 2. The van der Waals surface area contributed by atoms with Gasteiger partial charge in [-0.2, -0.15) is 13.2 Å². The van der Waals surface area contributed by atoms with E-state index in [1.807, 2.05) is 0 Å². The van der Waals surface area contributed by atoms with Crippen molar-refractivity contribution in [3.05, 3.63) is 23.8 Å². The molecule has 6 nitrogen and oxygen atoms in total. The molecule has 1 aromatic rings. The predicted molar refractivity (Wildman–Crippen MR) is 88.0 cm³/mol. The van der Waals surface area contributed by atoms with E-state index < -0.39 is 12.7 Å². The van der Waals surface area contributed by atoms with Crippen molar-refractivity contribution in [1.29, 1.82) is 0 Å². The van der Waals surface area contributed by atoms with E-state index in [9.17, 15) is 18.0 Å². The van der Waals surface area contributed by atoms with Gasteiger partial charge in [0.05, 0.1) is 20.8 Å². The van der Waals surface area contributed by atoms with Crippen LogP contribution in [0.1, 0.15) is 12.0 Å². The van der Waals surface area contributed by atoms with Crippen LogP contribution >= 0.6 is 0 Å². The smallest absolute Gasteiger partial charge is 0.401 e. The van der Waals surface area contributed by atoms with Gasteiger partial charge in [-0.3, -0.25) is 4.90 Å². The molecule has 0 bridgehead atoms. The van der Waals surface area contributed by atoms with Crippen LogP contribution in [-0.2, 0) is 6.54 Å². The molecule has 0 heterocycles. The van der Waals surface area contributed by atoms with Crippen LogP contribution in [-0.4, -0.2) is 58.0 Å². The molecule has 0 aliphatic rings. The number of carbonyl (C=O) groups excluding carboxylic acids is 1. The number of rotatable bonds is 9. The van der Waals surface area contributed by atoms with Crippen LogP contribution < -0.4 is 20.1 Å². The van der Waals surface area contributed by atoms with Gasteiger partial charge in [-0.15, -0.1) is 0 Å². The molecule has 0 unspecified atom stereocenters. The Kier molecular flexibility index (Phi) is 8.33. The lowest BCUT2D eigenvalue weighted by Gasteiger charge is -2.18. The second-order valence-electron chi connectivity index (χ2n) is 5.51. The second-order valence-corrected chi connectivity index (χ2v) is 5.51. The van der Waals surface area contributed by atoms with E-state index in [0.717, 1.165) is 5.56 Å². The standard InChI is InChI=1S/C16H24F3N3O3/c1-22(11-16(17,18)19)8-4-7-20-15(23)21-10-12-5-6-13(24-2)14(9-12)25-3/h5-6,9H,4,7-8,10-11H2,1-3H3,(H2,20,21,23). The third-order valence-corrected chi connectivity index (χ3v) is 3.35. The summed E-state index contributed by atoms with van der Waals surface area (Å²) in [7, 11) is 4.46. The van der Waals surface area contributed by atoms with Gasteiger partial charge in [0, 0.05) is 13.1 Å². The van der Waals surface area contributed by atoms with Crippen LogP contribution in [0.2, 0.25) is 0 Å². The van der Waals surface area contributed by atoms with Crippen LogP contribution in [0, 0.1) is 0 Å². The molecule has 2 N–H and O–H groups in total. The minimum atomic E-state index is -4.21. The van der Waals surface area contributed by atoms with Crippen molar-refractivity contribution < 1.29 is 27.4 Å². The molecule has 25 heavy (non-hydrogen) atoms. The number of halogens is 3. The highest BCUT2D eigenvalue weighted by molar-refractivity contribution is 5.73. The Hall–Kier alpha value is -2.16. The van der Waals surface area contributed by atoms with Crippen molar-refractivity contribution >= 4 is 6.03 Å². The number of carbonyl (C=O) groups is 1. The number of alkyl halides is 3. The maximum absolute atomic E-state index is 12.2. The fraction of sp³-hybridized carbons (Fsp3) is 0.562. The van der Waals surface area contributed by atoms with Gasteiger partial charge < -0.3 is 20.1 Å². The van der Waals surface area contributed by atoms with Crippen molar-refractivity contribution in [3.8, 4) is 11.5 Å². The van der Waals surface area contributed by atoms with Gasteiger partial charge in [0.2, 0.25) is 0 Å². The number of urea groups is 1. The normalized spacial score (nSPS) is 11.3. The fourth-order valence-corrected chi connectivity index (χ4v) is 2.17. The molecule has 142 valence electrons. The molecule has 0 aliphatic carbocycles. The number of hydrogen-bond donors (Lipinski definition) is 2. The minimum absolute atomic E-state index is 0.246. The van der Waals surface area contributed by atoms with Gasteiger partial charge in [-0.1, -0.05) is 6.07 Å². The highest BCUT2D eigenvalue weighted by Crippen LogP contribution is 2.27. The lowest BCUT2D eigenvalue weighted by Crippen LogP contribution is -2.37. The highest BCUT2D eigenvalue weighted by Gasteiger charge is 2.28. The Morgan fingerprint density at radius 2 is 1.84 bits per heavy atom. The summed E-state index contributed by atoms with van der Waals surface area (Å²) < 4.78 is 46.8. The zero-order chi connectivity index (χ0) is 18.9. The van der Waals surface area contributed by atoms with Crippen molar-refractivity contribution in [1.82, 2.24) is 15.5 Å². The Balaban J connectivity index is 2.27. The SMILES string of the molecule is COc1ccc(CNC(=O)NCCCN(C)CC(F)(F)F)cc1OC. The predicted octanol–water partition coefficient (Wildman–Crippen LogP) is 2.39. The summed E-state index contributed by atoms with van der Waals surface area (Å²) in [6, 6.07) is 4.91. The monoisotopic (exact) mass is 363 g/mol. The average molecular weight is 363 g/mol. The van der Waals surface area contributed by atoms with Crippen LogP contribution in [0.3, 0.4) is 0 Å². The van der Waals surface area contributed by atoms with E-state index in [2.05, 4.69) is 10.6 Å². The first-order valence-electron chi connectivity index (χ1n) is 7.73. The number of benzene rings is 1. The quantitative estimate of drug-likeness (QED) is 0.662. The summed E-state index contributed by atoms with van der Waals surface area (Å²) in [5.41, 5.74) is 0.831. The Morgan fingerprint density at radius 3 is 2.44 bits per heavy atom. The summed E-state index contributed by atoms with van der Waals surface area (Å²) in [6.07, 6.45) is -3.78. The maximum atomic E-state index is 12.2. The highest BCUT2D eigenvalue weighted by atomic mass is 19.4. The summed E-state index contributed by atoms with van der Waals surface area (Å²) in [6.45, 7) is -0.131. The largest absolute Gasteiger partial charge is 0.493 e. The van der Waals surface area contributed by atoms with Gasteiger partial charge in [0.1, 0.15) is 0 Å². The van der Waals surface area contributed by atoms with E-state index in [1.54, 1.807) is 18.2 Å². The summed E-state index contributed by atoms with van der Waals surface area (Å²) in [5, 5.41) is 5.28. The number of nitrogens with zero attached hydrogens (tertiary/aromatic N) is 1. The molecule has 0 aromatic heterocycles. The van der Waals surface area contributed by atoms with Gasteiger partial charge in [-0.05, 0) is 37.7 Å². The van der Waals surface area contributed by atoms with E-state index in [4.69, 9.17) is 9.47 Å². The molecule has 0 saturated heterocycles. The van der Waals surface area contributed by atoms with Crippen LogP contribution in [0.25, 0.3) is 0 Å². The maximum Gasteiger partial charge on any atom is 0.401 e. The molecular formula is C16H24F3N3O3. The first kappa shape index (κ1) is 20.9. The van der Waals surface area contributed by atoms with Crippen LogP contribution in [0.5, 0.6) is 11.5 Å². The minimum Gasteiger partial charge on any atom is -0.493 e. The molecule has 9 heteroatoms. The number of ether oxygens (including phenoxy) is 2. The van der Waals surface area contributed by atoms with Gasteiger partial charge in [0.15, 0.2) is 11.5 Å². The molecule has 0 fully saturated rings. The van der Waals surface area contributed by atoms with Gasteiger partial charge in [-0.25, -0.2) is 4.79 Å². The van der Waals surface area contributed by atoms with E-state index in [1.165, 1.54) is 26.2 Å². The second kappa shape index (κ2) is 9.97. The number of hydrogen-bond acceptors (Lipinski definition) is 4. The van der Waals surface area contributed by atoms with Crippen molar-refractivity contribution in [3.63, 3.8) is 0 Å². The molecule has 0 spiro atoms. The molecule has 2 amide bonds. The Bertz CT molecular complexity index is 553. The molecule has 1 aromatic carbocycles. The molecule has 1 rings (SSSR count). The molecule has 0 radical (unpaired) electrons. The molecular weight excluding hydrogens is 339 g/mol. The summed E-state index contributed by atoms with van der Waals surface area (Å²) >= 11 is 0. The topological polar surface area (TPSA) is 62.8 Å². The first-order valence-corrected chi connectivity index (χ1v) is 7.73. The summed E-state index contributed by atoms with van der Waals surface area (Å²) in [5.74, 6) is 1.16. The van der Waals surface area contributed by atoms with Crippen molar-refractivity contribution in [2.45, 2.75) is 19.1 Å². The van der Waals surface area contributed by atoms with Crippen LogP contribution in [0.4, 0.5) is 18.0 Å². The number of methoxy groups -OCH3 is 2. The number of amides is 2. The lowest BCUT2D eigenvalue weighted by molar-refractivity contribution is -0.143. The molecule has 0 atom stereocenters. The molecule has 0 saturated carbocycles. The van der Waals surface area contributed by atoms with Gasteiger partial charge >= 0.3 is 12.2 Å². The lowest BCUT2D eigenvalue weighted by atomic mass is 10.2. The van der Waals surface area contributed by atoms with E-state index in [-0.39, 0.29) is 12.6 Å². The molecule has 0 aliphatic heterocycles. The third-order valence-electron chi connectivity index (χ3n) is 3.35. The van der Waals surface area contributed by atoms with Crippen molar-refractivity contribution in [2.24, 2.45) is 0 Å². The van der Waals surface area contributed by atoms with Crippen molar-refractivity contribution in [2.75, 3.05) is 40.9 Å². The fourth-order valence-electron chi connectivity index (χ4n) is 2.17. The Labute approximate surface area is 145 Å². The average Bonchev–Trinajstić information content (AvgIpc) is 2.55. The van der Waals surface area contributed by atoms with E-state index in [0.29, 0.717) is 31.0 Å². The third kappa shape index (κ3) is 8.48. The zero-order valence-electron chi connectivity index (χ0n) is 14.6. The van der Waals surface area contributed by atoms with Crippen LogP contribution in [0.15, 0.2) is 18.2 Å². The zero-order valence-corrected chi connectivity index (χ0v) is 14.6. The first-order chi connectivity index (χ1) is 11.7.